The van der Waals surface area contributed by atoms with Crippen molar-refractivity contribution in [1.82, 2.24) is 5.32 Å². The number of para-hydroxylation sites is 1. The zero-order valence-electron chi connectivity index (χ0n) is 12.7. The minimum atomic E-state index is -0.427. The van der Waals surface area contributed by atoms with Gasteiger partial charge in [0.1, 0.15) is 5.75 Å². The van der Waals surface area contributed by atoms with E-state index in [4.69, 9.17) is 15.2 Å². The summed E-state index contributed by atoms with van der Waals surface area (Å²) in [5.41, 5.74) is 6.00. The fourth-order valence-corrected chi connectivity index (χ4v) is 2.40. The zero-order valence-corrected chi connectivity index (χ0v) is 13.5. The van der Waals surface area contributed by atoms with Crippen molar-refractivity contribution < 1.29 is 14.3 Å². The zero-order chi connectivity index (χ0) is 14.9. The van der Waals surface area contributed by atoms with Crippen LogP contribution in [0.5, 0.6) is 5.75 Å². The molecule has 6 heteroatoms. The van der Waals surface area contributed by atoms with Crippen LogP contribution in [-0.2, 0) is 9.53 Å². The summed E-state index contributed by atoms with van der Waals surface area (Å²) in [6.07, 6.45) is 2.50. The van der Waals surface area contributed by atoms with Gasteiger partial charge in [0.25, 0.3) is 0 Å². The first-order valence-electron chi connectivity index (χ1n) is 7.56. The largest absolute Gasteiger partial charge is 0.494 e. The maximum absolute atomic E-state index is 12.0. The highest BCUT2D eigenvalue weighted by Crippen LogP contribution is 2.17. The van der Waals surface area contributed by atoms with Gasteiger partial charge in [-0.2, -0.15) is 0 Å². The summed E-state index contributed by atoms with van der Waals surface area (Å²) in [4.78, 5) is 12.0. The van der Waals surface area contributed by atoms with Crippen LogP contribution in [0.15, 0.2) is 30.3 Å². The number of nitrogens with two attached hydrogens (primary N) is 1. The van der Waals surface area contributed by atoms with Crippen LogP contribution in [0.3, 0.4) is 0 Å². The molecular formula is C16H25ClN2O3. The Hall–Kier alpha value is -1.30. The maximum atomic E-state index is 12.0. The highest BCUT2D eigenvalue weighted by molar-refractivity contribution is 5.85. The first-order chi connectivity index (χ1) is 10.3. The van der Waals surface area contributed by atoms with Gasteiger partial charge in [0.15, 0.2) is 0 Å². The van der Waals surface area contributed by atoms with Crippen LogP contribution in [0.2, 0.25) is 0 Å². The monoisotopic (exact) mass is 328 g/mol. The van der Waals surface area contributed by atoms with Gasteiger partial charge >= 0.3 is 0 Å². The lowest BCUT2D eigenvalue weighted by molar-refractivity contribution is -0.124. The van der Waals surface area contributed by atoms with Gasteiger partial charge in [-0.15, -0.1) is 12.4 Å². The molecule has 22 heavy (non-hydrogen) atoms. The van der Waals surface area contributed by atoms with Crippen LogP contribution >= 0.6 is 12.4 Å². The molecule has 0 spiro atoms. The molecule has 1 aromatic rings. The minimum absolute atomic E-state index is 0. The maximum Gasteiger partial charge on any atom is 0.237 e. The molecule has 1 aliphatic heterocycles. The third kappa shape index (κ3) is 6.22. The second-order valence-electron chi connectivity index (χ2n) is 5.28. The van der Waals surface area contributed by atoms with E-state index in [1.54, 1.807) is 0 Å². The number of carbonyl (C=O) groups is 1. The molecule has 1 aliphatic rings. The standard InChI is InChI=1S/C16H24N2O3.ClH/c17-15(13-7-11-20-12-8-13)16(19)18-9-4-10-21-14-5-2-1-3-6-14;/h1-3,5-6,13,15H,4,7-12,17H2,(H,18,19);1H. The van der Waals surface area contributed by atoms with Crippen LogP contribution in [0.1, 0.15) is 19.3 Å². The minimum Gasteiger partial charge on any atom is -0.494 e. The number of halogens is 1. The number of ether oxygens (including phenoxy) is 2. The second-order valence-corrected chi connectivity index (χ2v) is 5.28. The van der Waals surface area contributed by atoms with E-state index in [9.17, 15) is 4.79 Å². The normalized spacial score (nSPS) is 16.4. The van der Waals surface area contributed by atoms with Crippen molar-refractivity contribution in [2.45, 2.75) is 25.3 Å². The van der Waals surface area contributed by atoms with Crippen LogP contribution in [0.4, 0.5) is 0 Å². The lowest BCUT2D eigenvalue weighted by Crippen LogP contribution is -2.47. The van der Waals surface area contributed by atoms with Crippen molar-refractivity contribution in [2.75, 3.05) is 26.4 Å². The fourth-order valence-electron chi connectivity index (χ4n) is 2.40. The van der Waals surface area contributed by atoms with E-state index >= 15 is 0 Å². The third-order valence-corrected chi connectivity index (χ3v) is 3.71. The molecule has 0 radical (unpaired) electrons. The lowest BCUT2D eigenvalue weighted by atomic mass is 9.92. The average molecular weight is 329 g/mol. The number of amides is 1. The molecule has 1 atom stereocenters. The molecule has 0 aliphatic carbocycles. The smallest absolute Gasteiger partial charge is 0.237 e. The first-order valence-corrected chi connectivity index (χ1v) is 7.56. The highest BCUT2D eigenvalue weighted by Gasteiger charge is 2.26. The number of carbonyl (C=O) groups excluding carboxylic acids is 1. The van der Waals surface area contributed by atoms with Gasteiger partial charge < -0.3 is 20.5 Å². The van der Waals surface area contributed by atoms with E-state index in [1.165, 1.54) is 0 Å². The van der Waals surface area contributed by atoms with Gasteiger partial charge in [0.05, 0.1) is 12.6 Å². The van der Waals surface area contributed by atoms with Crippen molar-refractivity contribution in [3.05, 3.63) is 30.3 Å². The molecule has 1 aromatic carbocycles. The van der Waals surface area contributed by atoms with Crippen molar-refractivity contribution in [1.29, 1.82) is 0 Å². The van der Waals surface area contributed by atoms with Crippen molar-refractivity contribution in [2.24, 2.45) is 11.7 Å². The van der Waals surface area contributed by atoms with E-state index in [1.807, 2.05) is 30.3 Å². The van der Waals surface area contributed by atoms with Crippen LogP contribution in [0, 0.1) is 5.92 Å². The molecule has 3 N–H and O–H groups in total. The van der Waals surface area contributed by atoms with Crippen molar-refractivity contribution in [3.8, 4) is 5.75 Å². The Kier molecular flexibility index (Phi) is 8.89. The molecule has 2 rings (SSSR count). The van der Waals surface area contributed by atoms with Crippen molar-refractivity contribution >= 4 is 18.3 Å². The van der Waals surface area contributed by atoms with E-state index in [2.05, 4.69) is 5.32 Å². The summed E-state index contributed by atoms with van der Waals surface area (Å²) >= 11 is 0. The topological polar surface area (TPSA) is 73.6 Å². The van der Waals surface area contributed by atoms with Gasteiger partial charge in [-0.05, 0) is 37.3 Å². The molecule has 0 bridgehead atoms. The molecular weight excluding hydrogens is 304 g/mol. The molecule has 1 amide bonds. The van der Waals surface area contributed by atoms with Gasteiger partial charge in [0, 0.05) is 19.8 Å². The second kappa shape index (κ2) is 10.4. The number of hydrogen-bond donors (Lipinski definition) is 2. The molecule has 1 heterocycles. The summed E-state index contributed by atoms with van der Waals surface area (Å²) in [5.74, 6) is 1.02. The highest BCUT2D eigenvalue weighted by atomic mass is 35.5. The van der Waals surface area contributed by atoms with E-state index in [-0.39, 0.29) is 24.2 Å². The summed E-state index contributed by atoms with van der Waals surface area (Å²) in [6, 6.07) is 9.22. The van der Waals surface area contributed by atoms with Gasteiger partial charge in [-0.3, -0.25) is 4.79 Å². The Morgan fingerprint density at radius 2 is 2.00 bits per heavy atom. The third-order valence-electron chi connectivity index (χ3n) is 3.71. The van der Waals surface area contributed by atoms with E-state index in [0.29, 0.717) is 26.4 Å². The Bertz CT molecular complexity index is 425. The SMILES string of the molecule is Cl.NC(C(=O)NCCCOc1ccccc1)C1CCOCC1. The Labute approximate surface area is 138 Å². The first kappa shape index (κ1) is 18.7. The predicted molar refractivity (Wildman–Crippen MR) is 88.3 cm³/mol. The molecule has 1 unspecified atom stereocenters. The lowest BCUT2D eigenvalue weighted by Gasteiger charge is -2.26. The summed E-state index contributed by atoms with van der Waals surface area (Å²) in [5, 5.41) is 2.88. The predicted octanol–water partition coefficient (Wildman–Crippen LogP) is 1.75. The molecule has 1 saturated heterocycles. The Balaban J connectivity index is 0.00000242. The van der Waals surface area contributed by atoms with Crippen LogP contribution in [-0.4, -0.2) is 38.3 Å². The Morgan fingerprint density at radius 3 is 2.68 bits per heavy atom. The Morgan fingerprint density at radius 1 is 1.32 bits per heavy atom. The molecule has 0 saturated carbocycles. The van der Waals surface area contributed by atoms with Crippen LogP contribution < -0.4 is 15.8 Å². The van der Waals surface area contributed by atoms with Gasteiger partial charge in [-0.25, -0.2) is 0 Å². The number of benzene rings is 1. The molecule has 0 aromatic heterocycles. The summed E-state index contributed by atoms with van der Waals surface area (Å²) in [6.45, 7) is 2.58. The molecule has 5 nitrogen and oxygen atoms in total. The van der Waals surface area contributed by atoms with Gasteiger partial charge in [-0.1, -0.05) is 18.2 Å². The van der Waals surface area contributed by atoms with Crippen LogP contribution in [0.25, 0.3) is 0 Å². The fraction of sp³-hybridized carbons (Fsp3) is 0.562. The molecule has 124 valence electrons. The average Bonchev–Trinajstić information content (AvgIpc) is 2.55. The summed E-state index contributed by atoms with van der Waals surface area (Å²) < 4.78 is 10.8. The number of hydrogen-bond acceptors (Lipinski definition) is 4. The number of rotatable bonds is 7. The number of nitrogens with one attached hydrogen (secondary N) is 1. The van der Waals surface area contributed by atoms with E-state index in [0.717, 1.165) is 25.0 Å². The van der Waals surface area contributed by atoms with E-state index < -0.39 is 6.04 Å². The van der Waals surface area contributed by atoms with Gasteiger partial charge in [0.2, 0.25) is 5.91 Å². The summed E-state index contributed by atoms with van der Waals surface area (Å²) in [7, 11) is 0. The van der Waals surface area contributed by atoms with Crippen molar-refractivity contribution in [3.63, 3.8) is 0 Å². The quantitative estimate of drug-likeness (QED) is 0.748. The molecule has 1 fully saturated rings.